The summed E-state index contributed by atoms with van der Waals surface area (Å²) in [5.41, 5.74) is -1.03. The number of carbonyl (C=O) groups is 2. The van der Waals surface area contributed by atoms with Gasteiger partial charge >= 0.3 is 5.97 Å². The number of phenolic OH excluding ortho intramolecular Hbond substituents is 1. The van der Waals surface area contributed by atoms with Crippen molar-refractivity contribution in [2.24, 2.45) is 0 Å². The fraction of sp³-hybridized carbons (Fsp3) is 0.273. The zero-order valence-electron chi connectivity index (χ0n) is 8.74. The Labute approximate surface area is 111 Å². The molecule has 0 aliphatic heterocycles. The van der Waals surface area contributed by atoms with Gasteiger partial charge in [0.2, 0.25) is 0 Å². The third kappa shape index (κ3) is 2.36. The maximum Gasteiger partial charge on any atom is 0.329 e. The number of amides is 1. The van der Waals surface area contributed by atoms with Crippen LogP contribution in [0.3, 0.4) is 0 Å². The first-order valence-corrected chi connectivity index (χ1v) is 6.07. The van der Waals surface area contributed by atoms with Crippen molar-refractivity contribution in [1.29, 1.82) is 0 Å². The Kier molecular flexibility index (Phi) is 2.98. The molecule has 2 rings (SSSR count). The van der Waals surface area contributed by atoms with Gasteiger partial charge in [0.25, 0.3) is 5.91 Å². The zero-order valence-corrected chi connectivity index (χ0v) is 10.9. The lowest BCUT2D eigenvalue weighted by Gasteiger charge is -2.13. The van der Waals surface area contributed by atoms with Crippen LogP contribution in [-0.4, -0.2) is 27.6 Å². The second-order valence-corrected chi connectivity index (χ2v) is 5.25. The minimum atomic E-state index is -1.13. The van der Waals surface area contributed by atoms with Crippen molar-refractivity contribution in [3.63, 3.8) is 0 Å². The number of aromatic hydroxyl groups is 1. The molecule has 1 saturated carbocycles. The molecular weight excluding hydrogens is 337 g/mol. The van der Waals surface area contributed by atoms with Gasteiger partial charge in [0, 0.05) is 3.57 Å². The van der Waals surface area contributed by atoms with Gasteiger partial charge in [-0.3, -0.25) is 4.79 Å². The average molecular weight is 347 g/mol. The molecule has 17 heavy (non-hydrogen) atoms. The van der Waals surface area contributed by atoms with Gasteiger partial charge in [0.15, 0.2) is 0 Å². The molecule has 1 aliphatic carbocycles. The average Bonchev–Trinajstić information content (AvgIpc) is 3.02. The van der Waals surface area contributed by atoms with Gasteiger partial charge in [-0.05, 0) is 53.6 Å². The molecular formula is C11H10INO4. The van der Waals surface area contributed by atoms with Crippen molar-refractivity contribution in [1.82, 2.24) is 5.32 Å². The summed E-state index contributed by atoms with van der Waals surface area (Å²) in [7, 11) is 0. The van der Waals surface area contributed by atoms with Gasteiger partial charge in [0.05, 0.1) is 5.56 Å². The number of halogens is 1. The van der Waals surface area contributed by atoms with Crippen molar-refractivity contribution in [2.45, 2.75) is 18.4 Å². The number of carboxylic acids is 1. The Bertz CT molecular complexity index is 496. The summed E-state index contributed by atoms with van der Waals surface area (Å²) >= 11 is 2.01. The van der Waals surface area contributed by atoms with Crippen molar-refractivity contribution >= 4 is 34.5 Å². The van der Waals surface area contributed by atoms with Crippen molar-refractivity contribution in [3.8, 4) is 5.75 Å². The monoisotopic (exact) mass is 347 g/mol. The van der Waals surface area contributed by atoms with Crippen LogP contribution in [0.15, 0.2) is 18.2 Å². The van der Waals surface area contributed by atoms with E-state index >= 15 is 0 Å². The highest BCUT2D eigenvalue weighted by atomic mass is 127. The molecule has 3 N–H and O–H groups in total. The standard InChI is InChI=1S/C11H10INO4/c12-6-1-2-8(14)7(5-6)9(15)13-11(3-4-11)10(16)17/h1-2,5,14H,3-4H2,(H,13,15)(H,16,17). The number of carboxylic acid groups (broad SMARTS) is 1. The maximum absolute atomic E-state index is 11.8. The third-order valence-electron chi connectivity index (χ3n) is 2.72. The third-order valence-corrected chi connectivity index (χ3v) is 3.39. The van der Waals surface area contributed by atoms with Crippen LogP contribution in [0.5, 0.6) is 5.75 Å². The smallest absolute Gasteiger partial charge is 0.329 e. The number of phenols is 1. The summed E-state index contributed by atoms with van der Waals surface area (Å²) in [5.74, 6) is -1.74. The fourth-order valence-corrected chi connectivity index (χ4v) is 1.98. The molecule has 1 aromatic rings. The molecule has 0 radical (unpaired) electrons. The van der Waals surface area contributed by atoms with Crippen molar-refractivity contribution in [3.05, 3.63) is 27.3 Å². The van der Waals surface area contributed by atoms with Crippen LogP contribution in [0.25, 0.3) is 0 Å². The molecule has 1 amide bonds. The topological polar surface area (TPSA) is 86.6 Å². The van der Waals surface area contributed by atoms with Crippen molar-refractivity contribution < 1.29 is 19.8 Å². The Morgan fingerprint density at radius 2 is 2.00 bits per heavy atom. The Morgan fingerprint density at radius 1 is 1.35 bits per heavy atom. The summed E-state index contributed by atoms with van der Waals surface area (Å²) in [6.45, 7) is 0. The number of rotatable bonds is 3. The van der Waals surface area contributed by atoms with E-state index in [1.807, 2.05) is 22.6 Å². The first kappa shape index (κ1) is 12.2. The normalized spacial score (nSPS) is 16.3. The molecule has 0 spiro atoms. The SMILES string of the molecule is O=C(NC1(C(=O)O)CC1)c1cc(I)ccc1O. The summed E-state index contributed by atoms with van der Waals surface area (Å²) in [5, 5.41) is 20.9. The van der Waals surface area contributed by atoms with E-state index in [4.69, 9.17) is 5.11 Å². The Hall–Kier alpha value is -1.31. The van der Waals surface area contributed by atoms with E-state index in [1.165, 1.54) is 12.1 Å². The molecule has 90 valence electrons. The summed E-state index contributed by atoms with van der Waals surface area (Å²) in [6, 6.07) is 4.59. The molecule has 5 nitrogen and oxygen atoms in total. The summed E-state index contributed by atoms with van der Waals surface area (Å²) in [4.78, 5) is 22.8. The number of carbonyl (C=O) groups excluding carboxylic acids is 1. The molecule has 0 unspecified atom stereocenters. The van der Waals surface area contributed by atoms with Gasteiger partial charge < -0.3 is 15.5 Å². The van der Waals surface area contributed by atoms with Crippen LogP contribution in [0.2, 0.25) is 0 Å². The molecule has 1 aliphatic rings. The van der Waals surface area contributed by atoms with E-state index in [0.29, 0.717) is 12.8 Å². The summed E-state index contributed by atoms with van der Waals surface area (Å²) in [6.07, 6.45) is 0.859. The fourth-order valence-electron chi connectivity index (χ4n) is 1.49. The Balaban J connectivity index is 2.21. The number of nitrogens with one attached hydrogen (secondary N) is 1. The predicted octanol–water partition coefficient (Wildman–Crippen LogP) is 1.34. The number of hydrogen-bond acceptors (Lipinski definition) is 3. The number of benzene rings is 1. The van der Waals surface area contributed by atoms with E-state index in [0.717, 1.165) is 3.57 Å². The quantitative estimate of drug-likeness (QED) is 0.721. The lowest BCUT2D eigenvalue weighted by atomic mass is 10.1. The highest BCUT2D eigenvalue weighted by Gasteiger charge is 2.51. The number of hydrogen-bond donors (Lipinski definition) is 3. The van der Waals surface area contributed by atoms with Gasteiger partial charge in [-0.1, -0.05) is 0 Å². The first-order chi connectivity index (χ1) is 7.94. The second-order valence-electron chi connectivity index (χ2n) is 4.00. The molecule has 0 heterocycles. The van der Waals surface area contributed by atoms with Gasteiger partial charge in [0.1, 0.15) is 11.3 Å². The summed E-state index contributed by atoms with van der Waals surface area (Å²) < 4.78 is 0.797. The van der Waals surface area contributed by atoms with Crippen LogP contribution in [0, 0.1) is 3.57 Å². The molecule has 0 bridgehead atoms. The van der Waals surface area contributed by atoms with Gasteiger partial charge in [-0.25, -0.2) is 4.79 Å². The van der Waals surface area contributed by atoms with Crippen molar-refractivity contribution in [2.75, 3.05) is 0 Å². The van der Waals surface area contributed by atoms with E-state index in [9.17, 15) is 14.7 Å². The molecule has 1 aromatic carbocycles. The zero-order chi connectivity index (χ0) is 12.6. The highest BCUT2D eigenvalue weighted by molar-refractivity contribution is 14.1. The molecule has 0 saturated heterocycles. The van der Waals surface area contributed by atoms with Crippen LogP contribution in [0.4, 0.5) is 0 Å². The van der Waals surface area contributed by atoms with E-state index in [2.05, 4.69) is 5.32 Å². The second kappa shape index (κ2) is 4.17. The van der Waals surface area contributed by atoms with Crippen LogP contribution < -0.4 is 5.32 Å². The molecule has 0 aromatic heterocycles. The van der Waals surface area contributed by atoms with E-state index in [1.54, 1.807) is 6.07 Å². The van der Waals surface area contributed by atoms with Crippen LogP contribution >= 0.6 is 22.6 Å². The largest absolute Gasteiger partial charge is 0.507 e. The van der Waals surface area contributed by atoms with E-state index in [-0.39, 0.29) is 11.3 Å². The molecule has 6 heteroatoms. The van der Waals surface area contributed by atoms with E-state index < -0.39 is 17.4 Å². The van der Waals surface area contributed by atoms with Gasteiger partial charge in [-0.15, -0.1) is 0 Å². The highest BCUT2D eigenvalue weighted by Crippen LogP contribution is 2.36. The Morgan fingerprint density at radius 3 is 2.53 bits per heavy atom. The number of aliphatic carboxylic acids is 1. The van der Waals surface area contributed by atoms with Crippen LogP contribution in [-0.2, 0) is 4.79 Å². The first-order valence-electron chi connectivity index (χ1n) is 4.99. The lowest BCUT2D eigenvalue weighted by molar-refractivity contribution is -0.140. The minimum absolute atomic E-state index is 0.101. The minimum Gasteiger partial charge on any atom is -0.507 e. The van der Waals surface area contributed by atoms with Crippen LogP contribution in [0.1, 0.15) is 23.2 Å². The predicted molar refractivity (Wildman–Crippen MR) is 67.9 cm³/mol. The molecule has 0 atom stereocenters. The molecule has 1 fully saturated rings. The lowest BCUT2D eigenvalue weighted by Crippen LogP contribution is -2.43. The maximum atomic E-state index is 11.8. The van der Waals surface area contributed by atoms with Gasteiger partial charge in [-0.2, -0.15) is 0 Å².